The second kappa shape index (κ2) is 40.0. The van der Waals surface area contributed by atoms with Crippen molar-refractivity contribution >= 4 is 76.1 Å². The van der Waals surface area contributed by atoms with Gasteiger partial charge in [0.1, 0.15) is 17.2 Å². The Labute approximate surface area is 622 Å². The zero-order valence-electron chi connectivity index (χ0n) is 63.2. The number of nitrogens with zero attached hydrogens (tertiary/aromatic N) is 10. The molecule has 0 aliphatic heterocycles. The first-order chi connectivity index (χ1) is 50.1. The fourth-order valence-electron chi connectivity index (χ4n) is 11.5. The van der Waals surface area contributed by atoms with Crippen LogP contribution in [0.15, 0.2) is 218 Å². The van der Waals surface area contributed by atoms with Gasteiger partial charge in [-0.1, -0.05) is 158 Å². The lowest BCUT2D eigenvalue weighted by Gasteiger charge is -2.17. The number of aromatic nitrogens is 5. The van der Waals surface area contributed by atoms with Crippen molar-refractivity contribution in [3.05, 3.63) is 284 Å². The van der Waals surface area contributed by atoms with Gasteiger partial charge >= 0.3 is 6.18 Å². The molecule has 1 fully saturated rings. The summed E-state index contributed by atoms with van der Waals surface area (Å²) in [6.07, 6.45) is 8.82. The van der Waals surface area contributed by atoms with Crippen LogP contribution in [0.5, 0.6) is 0 Å². The number of thioether (sulfide) groups is 1. The van der Waals surface area contributed by atoms with Crippen LogP contribution in [0.25, 0.3) is 11.3 Å². The Kier molecular flexibility index (Phi) is 31.2. The van der Waals surface area contributed by atoms with E-state index in [-0.39, 0.29) is 22.9 Å². The van der Waals surface area contributed by atoms with E-state index in [0.717, 1.165) is 92.5 Å². The molecular formula is C88H96F4N10O2S. The molecule has 5 aromatic heterocycles. The van der Waals surface area contributed by atoms with Crippen LogP contribution in [0.1, 0.15) is 219 Å². The van der Waals surface area contributed by atoms with Gasteiger partial charge in [0, 0.05) is 41.9 Å². The molecule has 10 aromatic rings. The van der Waals surface area contributed by atoms with Crippen molar-refractivity contribution in [3.63, 3.8) is 0 Å². The van der Waals surface area contributed by atoms with E-state index in [1.807, 2.05) is 121 Å². The number of aliphatic imine (C=N–C) groups is 5. The molecule has 0 bridgehead atoms. The molecular weight excluding hydrogens is 1340 g/mol. The number of aryl methyl sites for hydroxylation is 5. The van der Waals surface area contributed by atoms with E-state index >= 15 is 0 Å². The molecule has 1 saturated carbocycles. The Morgan fingerprint density at radius 1 is 0.467 bits per heavy atom. The topological polar surface area (TPSA) is 160 Å². The van der Waals surface area contributed by atoms with E-state index in [9.17, 15) is 27.2 Å². The third kappa shape index (κ3) is 25.2. The fraction of sp³-hybridized carbons (Fsp3) is 0.295. The maximum absolute atomic E-state index is 13.3. The minimum Gasteiger partial charge on any atom is -0.293 e. The Morgan fingerprint density at radius 3 is 1.43 bits per heavy atom. The first-order valence-electron chi connectivity index (χ1n) is 35.4. The quantitative estimate of drug-likeness (QED) is 0.0377. The summed E-state index contributed by atoms with van der Waals surface area (Å²) in [4.78, 5) is 69.1. The first-order valence-corrected chi connectivity index (χ1v) is 36.6. The highest BCUT2D eigenvalue weighted by molar-refractivity contribution is 7.98. The van der Waals surface area contributed by atoms with Crippen LogP contribution in [0.3, 0.4) is 0 Å². The van der Waals surface area contributed by atoms with Gasteiger partial charge in [-0.2, -0.15) is 13.2 Å². The van der Waals surface area contributed by atoms with Gasteiger partial charge in [-0.15, -0.1) is 11.8 Å². The number of pyridine rings is 5. The Morgan fingerprint density at radius 2 is 0.914 bits per heavy atom. The van der Waals surface area contributed by atoms with Crippen LogP contribution in [-0.4, -0.2) is 78.9 Å². The Hall–Kier alpha value is -10.4. The smallest absolute Gasteiger partial charge is 0.293 e. The maximum atomic E-state index is 13.3. The zero-order chi connectivity index (χ0) is 76.3. The van der Waals surface area contributed by atoms with Crippen molar-refractivity contribution < 1.29 is 27.2 Å². The highest BCUT2D eigenvalue weighted by Crippen LogP contribution is 2.38. The van der Waals surface area contributed by atoms with Crippen molar-refractivity contribution in [2.75, 3.05) is 6.26 Å². The lowest BCUT2D eigenvalue weighted by Crippen LogP contribution is -2.10. The minimum atomic E-state index is -4.40. The molecule has 1 aliphatic rings. The van der Waals surface area contributed by atoms with Gasteiger partial charge in [0.2, 0.25) is 0 Å². The molecule has 0 N–H and O–H groups in total. The molecule has 105 heavy (non-hydrogen) atoms. The number of carbonyl (C=O) groups excluding carboxylic acids is 2. The molecule has 5 aromatic carbocycles. The highest BCUT2D eigenvalue weighted by atomic mass is 32.2. The summed E-state index contributed by atoms with van der Waals surface area (Å²) >= 11 is 1.70. The van der Waals surface area contributed by atoms with Crippen molar-refractivity contribution in [1.82, 2.24) is 24.9 Å². The van der Waals surface area contributed by atoms with E-state index < -0.39 is 11.7 Å². The maximum Gasteiger partial charge on any atom is 0.417 e. The number of hydrogen-bond donors (Lipinski definition) is 0. The van der Waals surface area contributed by atoms with Crippen LogP contribution in [0.2, 0.25) is 0 Å². The molecule has 0 atom stereocenters. The summed E-state index contributed by atoms with van der Waals surface area (Å²) < 4.78 is 52.8. The second-order valence-electron chi connectivity index (χ2n) is 26.6. The number of hydrogen-bond acceptors (Lipinski definition) is 13. The van der Waals surface area contributed by atoms with Crippen molar-refractivity contribution in [2.45, 2.75) is 171 Å². The average Bonchev–Trinajstić information content (AvgIpc) is 0.654. The lowest BCUT2D eigenvalue weighted by molar-refractivity contribution is -0.137. The number of Topliss-reactive ketones (excluding diaryl/α,β-unsaturated/α-hetero) is 2. The highest BCUT2D eigenvalue weighted by Gasteiger charge is 2.33. The fourth-order valence-corrected chi connectivity index (χ4v) is 12.0. The normalized spacial score (nSPS) is 12.7. The largest absolute Gasteiger partial charge is 0.417 e. The van der Waals surface area contributed by atoms with E-state index in [2.05, 4.69) is 137 Å². The van der Waals surface area contributed by atoms with Gasteiger partial charge in [-0.3, -0.25) is 44.5 Å². The number of halogens is 4. The number of alkyl halides is 3. The van der Waals surface area contributed by atoms with E-state index in [1.165, 1.54) is 79.0 Å². The molecule has 0 spiro atoms. The van der Waals surface area contributed by atoms with Gasteiger partial charge in [0.05, 0.1) is 92.4 Å². The van der Waals surface area contributed by atoms with Gasteiger partial charge < -0.3 is 0 Å². The van der Waals surface area contributed by atoms with Crippen molar-refractivity contribution in [3.8, 4) is 11.3 Å². The van der Waals surface area contributed by atoms with Crippen molar-refractivity contribution in [2.24, 2.45) is 25.0 Å². The third-order valence-electron chi connectivity index (χ3n) is 17.0. The monoisotopic (exact) mass is 1430 g/mol. The summed E-state index contributed by atoms with van der Waals surface area (Å²) in [6.45, 7) is 29.6. The molecule has 1 aliphatic carbocycles. The predicted molar refractivity (Wildman–Crippen MR) is 428 cm³/mol. The predicted octanol–water partition coefficient (Wildman–Crippen LogP) is 23.8. The summed E-state index contributed by atoms with van der Waals surface area (Å²) in [6, 6.07) is 57.3. The van der Waals surface area contributed by atoms with Gasteiger partial charge in [0.15, 0.2) is 11.6 Å². The number of carbonyl (C=O) groups is 2. The van der Waals surface area contributed by atoms with Gasteiger partial charge in [-0.25, -0.2) is 19.3 Å². The molecule has 17 heteroatoms. The molecule has 544 valence electrons. The number of para-hydroxylation sites is 3. The molecule has 12 nitrogen and oxygen atoms in total. The summed E-state index contributed by atoms with van der Waals surface area (Å²) in [5.41, 5.74) is 18.3. The Bertz CT molecular complexity index is 4690. The van der Waals surface area contributed by atoms with Gasteiger partial charge in [0.25, 0.3) is 0 Å². The molecule has 11 rings (SSSR count). The summed E-state index contributed by atoms with van der Waals surface area (Å²) in [7, 11) is 0. The summed E-state index contributed by atoms with van der Waals surface area (Å²) in [5, 5.41) is 0. The third-order valence-corrected chi connectivity index (χ3v) is 17.8. The SMILES string of the molecule is CC(=O)c1cccc(C(C)=Nc2c(C)cc(F)cc2C)n1.CC(=O)c1cccc(C(C)=Nc2c(C)cccc2C(C)C)n1.CSc1ccccc1N=Cc1cccc(C)n1.Cc1cccc(C=Nc2c(C(C)C)cccc2C(C)C)n1.FC(F)(F)c1ccccc1-c1cccc(C=NC2CCCCC2)n1. The second-order valence-corrected chi connectivity index (χ2v) is 27.5. The number of benzene rings is 5. The van der Waals surface area contributed by atoms with E-state index in [4.69, 9.17) is 9.98 Å². The Balaban J connectivity index is 0.000000184. The van der Waals surface area contributed by atoms with Crippen LogP contribution < -0.4 is 0 Å². The lowest BCUT2D eigenvalue weighted by atomic mass is 9.93. The van der Waals surface area contributed by atoms with Gasteiger partial charge in [-0.05, 0) is 210 Å². The standard InChI is InChI=1S/C19H19F3N2.C19H22N2O.C19H24N2.C17H17FN2O.C14H14N2S/c20-19(21,22)17-11-5-4-10-16(17)18-12-6-9-15(24-18)13-23-14-7-2-1-3-8-14;1-12(2)16-9-6-8-13(3)19(16)20-14(4)17-10-7-11-18(21-17)15(5)22;1-13(2)17-10-7-11-18(14(3)4)19(17)20-12-16-9-6-8-15(5)21-16;1-10-8-14(18)9-11(2)17(10)19-12(3)15-6-5-7-16(20-15)13(4)21;1-11-6-5-7-12(16-11)10-15-13-8-3-4-9-14(13)17-2/h4-6,9-14H,1-3,7-8H2;6-12H,1-5H3;6-14H,1-5H3;5-9H,1-4H3;3-10H,1-2H3. The number of rotatable bonds is 17. The molecule has 0 radical (unpaired) electrons. The van der Waals surface area contributed by atoms with Crippen LogP contribution in [-0.2, 0) is 6.18 Å². The van der Waals surface area contributed by atoms with Crippen LogP contribution >= 0.6 is 11.8 Å². The average molecular weight is 1430 g/mol. The molecule has 0 unspecified atom stereocenters. The minimum absolute atomic E-state index is 0.0339. The van der Waals surface area contributed by atoms with Crippen LogP contribution in [0.4, 0.5) is 40.3 Å². The van der Waals surface area contributed by atoms with Crippen molar-refractivity contribution in [1.29, 1.82) is 0 Å². The van der Waals surface area contributed by atoms with E-state index in [1.54, 1.807) is 66.5 Å². The first kappa shape index (κ1) is 81.9. The molecule has 0 amide bonds. The number of ketones is 2. The van der Waals surface area contributed by atoms with Crippen LogP contribution in [0, 0.1) is 40.4 Å². The zero-order valence-corrected chi connectivity index (χ0v) is 64.0. The van der Waals surface area contributed by atoms with E-state index in [0.29, 0.717) is 58.0 Å². The molecule has 0 saturated heterocycles. The molecule has 5 heterocycles. The summed E-state index contributed by atoms with van der Waals surface area (Å²) in [5.74, 6) is 0.941.